The number of halogens is 1. The van der Waals surface area contributed by atoms with E-state index in [4.69, 9.17) is 4.74 Å². The molecule has 1 N–H and O–H groups in total. The maximum atomic E-state index is 14.1. The molecule has 0 aliphatic carbocycles. The highest BCUT2D eigenvalue weighted by molar-refractivity contribution is 7.90. The highest BCUT2D eigenvalue weighted by Gasteiger charge is 2.26. The third kappa shape index (κ3) is 7.13. The zero-order chi connectivity index (χ0) is 30.0. The molecule has 1 unspecified atom stereocenters. The van der Waals surface area contributed by atoms with E-state index >= 15 is 0 Å². The third-order valence-electron chi connectivity index (χ3n) is 6.43. The van der Waals surface area contributed by atoms with Gasteiger partial charge in [0.25, 0.3) is 5.56 Å². The maximum Gasteiger partial charge on any atom is 0.250 e. The molecule has 2 aromatic carbocycles. The second-order valence-corrected chi connectivity index (χ2v) is 14.9. The Labute approximate surface area is 237 Å². The summed E-state index contributed by atoms with van der Waals surface area (Å²) in [6.45, 7) is 8.78. The number of benzene rings is 2. The molecule has 0 bridgehead atoms. The van der Waals surface area contributed by atoms with Crippen molar-refractivity contribution in [2.45, 2.75) is 51.2 Å². The van der Waals surface area contributed by atoms with Crippen molar-refractivity contribution in [2.75, 3.05) is 12.9 Å². The number of aryl methyl sites for hydroxylation is 1. The smallest absolute Gasteiger partial charge is 0.250 e. The molecule has 0 spiro atoms. The molecule has 216 valence electrons. The van der Waals surface area contributed by atoms with Gasteiger partial charge in [-0.15, -0.1) is 0 Å². The molecule has 2 atom stereocenters. The minimum absolute atomic E-state index is 0.0525. The number of rotatable bonds is 10. The number of methoxy groups -OCH3 is 1. The quantitative estimate of drug-likeness (QED) is 0.349. The highest BCUT2D eigenvalue weighted by Crippen LogP contribution is 2.34. The van der Waals surface area contributed by atoms with Crippen LogP contribution in [0.15, 0.2) is 53.5 Å². The molecular weight excluding hydrogens is 555 g/mol. The van der Waals surface area contributed by atoms with Crippen LogP contribution in [-0.2, 0) is 33.6 Å². The Bertz CT molecular complexity index is 1620. The normalized spacial score (nSPS) is 13.6. The predicted molar refractivity (Wildman–Crippen MR) is 156 cm³/mol. The Morgan fingerprint density at radius 1 is 1.12 bits per heavy atom. The Hall–Kier alpha value is -3.15. The van der Waals surface area contributed by atoms with E-state index in [1.165, 1.54) is 35.9 Å². The number of pyridine rings is 1. The molecule has 1 aromatic heterocycles. The third-order valence-corrected chi connectivity index (χ3v) is 9.76. The molecule has 3 aromatic rings. The van der Waals surface area contributed by atoms with Gasteiger partial charge in [0.15, 0.2) is 27.2 Å². The first-order valence-electron chi connectivity index (χ1n) is 12.7. The topological polar surface area (TPSA) is 112 Å². The molecule has 0 amide bonds. The summed E-state index contributed by atoms with van der Waals surface area (Å²) < 4.78 is 60.7. The first-order chi connectivity index (χ1) is 18.6. The average molecular weight is 591 g/mol. The monoisotopic (exact) mass is 590 g/mol. The molecular formula is C29H35FN2O6S2. The van der Waals surface area contributed by atoms with Gasteiger partial charge in [-0.05, 0) is 68.7 Å². The number of aromatic nitrogens is 1. The lowest BCUT2D eigenvalue weighted by Crippen LogP contribution is -2.35. The van der Waals surface area contributed by atoms with Gasteiger partial charge in [0, 0.05) is 47.8 Å². The summed E-state index contributed by atoms with van der Waals surface area (Å²) in [4.78, 5) is 26.5. The molecule has 0 fully saturated rings. The van der Waals surface area contributed by atoms with Crippen LogP contribution in [0.4, 0.5) is 4.39 Å². The zero-order valence-electron chi connectivity index (χ0n) is 23.7. The molecule has 8 nitrogen and oxygen atoms in total. The SMILES string of the molecule is CCS(=O)(=O)Cc1ccc(C(=O)c2ccc(F)c(OC)c2)c(-c2cn(C)c(=O)cc2C(C)N[S@@](=O)C(C)(C)C)c1. The largest absolute Gasteiger partial charge is 0.494 e. The fraction of sp³-hybridized carbons (Fsp3) is 0.379. The molecule has 0 aliphatic heterocycles. The molecule has 1 heterocycles. The van der Waals surface area contributed by atoms with Crippen LogP contribution >= 0.6 is 0 Å². The predicted octanol–water partition coefficient (Wildman–Crippen LogP) is 4.48. The number of nitrogens with one attached hydrogen (secondary N) is 1. The lowest BCUT2D eigenvalue weighted by Gasteiger charge is -2.24. The minimum atomic E-state index is -3.40. The van der Waals surface area contributed by atoms with Crippen LogP contribution in [0.3, 0.4) is 0 Å². The zero-order valence-corrected chi connectivity index (χ0v) is 25.3. The first-order valence-corrected chi connectivity index (χ1v) is 15.7. The summed E-state index contributed by atoms with van der Waals surface area (Å²) in [5.74, 6) is -1.45. The van der Waals surface area contributed by atoms with Crippen molar-refractivity contribution >= 4 is 26.6 Å². The summed E-state index contributed by atoms with van der Waals surface area (Å²) in [6.07, 6.45) is 1.57. The number of hydrogen-bond acceptors (Lipinski definition) is 6. The number of ketones is 1. The van der Waals surface area contributed by atoms with Gasteiger partial charge in [-0.1, -0.05) is 19.1 Å². The van der Waals surface area contributed by atoms with E-state index in [0.29, 0.717) is 22.3 Å². The van der Waals surface area contributed by atoms with Gasteiger partial charge >= 0.3 is 0 Å². The molecule has 40 heavy (non-hydrogen) atoms. The number of carbonyl (C=O) groups is 1. The van der Waals surface area contributed by atoms with E-state index in [1.54, 1.807) is 39.2 Å². The molecule has 0 aliphatic rings. The number of sulfone groups is 1. The lowest BCUT2D eigenvalue weighted by atomic mass is 9.89. The number of hydrogen-bond donors (Lipinski definition) is 1. The van der Waals surface area contributed by atoms with Crippen LogP contribution in [0.5, 0.6) is 5.75 Å². The number of ether oxygens (including phenoxy) is 1. The van der Waals surface area contributed by atoms with Crippen molar-refractivity contribution < 1.29 is 26.5 Å². The van der Waals surface area contributed by atoms with Crippen LogP contribution in [0.25, 0.3) is 11.1 Å². The Balaban J connectivity index is 2.29. The molecule has 0 saturated heterocycles. The Morgan fingerprint density at radius 2 is 1.80 bits per heavy atom. The summed E-state index contributed by atoms with van der Waals surface area (Å²) in [6, 6.07) is 9.36. The van der Waals surface area contributed by atoms with Crippen LogP contribution in [0.1, 0.15) is 67.7 Å². The average Bonchev–Trinajstić information content (AvgIpc) is 2.89. The Morgan fingerprint density at radius 3 is 2.40 bits per heavy atom. The van der Waals surface area contributed by atoms with E-state index in [1.807, 2.05) is 20.8 Å². The maximum absolute atomic E-state index is 14.1. The van der Waals surface area contributed by atoms with Crippen molar-refractivity contribution in [1.82, 2.24) is 9.29 Å². The van der Waals surface area contributed by atoms with E-state index in [2.05, 4.69) is 4.72 Å². The van der Waals surface area contributed by atoms with Gasteiger partial charge in [0.2, 0.25) is 0 Å². The van der Waals surface area contributed by atoms with Crippen molar-refractivity contribution in [2.24, 2.45) is 7.05 Å². The summed E-state index contributed by atoms with van der Waals surface area (Å²) in [7, 11) is -2.00. The van der Waals surface area contributed by atoms with Gasteiger partial charge in [-0.3, -0.25) is 9.59 Å². The van der Waals surface area contributed by atoms with Crippen LogP contribution in [0, 0.1) is 5.82 Å². The molecule has 0 saturated carbocycles. The van der Waals surface area contributed by atoms with Crippen molar-refractivity contribution in [3.8, 4) is 16.9 Å². The number of nitrogens with zero attached hydrogens (tertiary/aromatic N) is 1. The van der Waals surface area contributed by atoms with E-state index in [0.717, 1.165) is 6.07 Å². The Kier molecular flexibility index (Phi) is 9.54. The number of carbonyl (C=O) groups excluding carboxylic acids is 1. The summed E-state index contributed by atoms with van der Waals surface area (Å²) in [5.41, 5.74) is 1.90. The molecule has 3 rings (SSSR count). The minimum Gasteiger partial charge on any atom is -0.494 e. The second kappa shape index (κ2) is 12.2. The van der Waals surface area contributed by atoms with E-state index in [-0.39, 0.29) is 33.9 Å². The van der Waals surface area contributed by atoms with Crippen molar-refractivity contribution in [3.05, 3.63) is 87.1 Å². The lowest BCUT2D eigenvalue weighted by molar-refractivity contribution is 0.103. The van der Waals surface area contributed by atoms with E-state index < -0.39 is 43.2 Å². The summed E-state index contributed by atoms with van der Waals surface area (Å²) >= 11 is 0. The fourth-order valence-electron chi connectivity index (χ4n) is 4.04. The van der Waals surface area contributed by atoms with Crippen LogP contribution in [0.2, 0.25) is 0 Å². The van der Waals surface area contributed by atoms with E-state index in [9.17, 15) is 26.6 Å². The fourth-order valence-corrected chi connectivity index (χ4v) is 5.74. The molecule has 11 heteroatoms. The van der Waals surface area contributed by atoms with Crippen LogP contribution < -0.4 is 15.0 Å². The van der Waals surface area contributed by atoms with Crippen molar-refractivity contribution in [3.63, 3.8) is 0 Å². The second-order valence-electron chi connectivity index (χ2n) is 10.5. The van der Waals surface area contributed by atoms with Crippen LogP contribution in [-0.4, -0.2) is 40.6 Å². The summed E-state index contributed by atoms with van der Waals surface area (Å²) in [5, 5.41) is 0. The first kappa shape index (κ1) is 31.4. The van der Waals surface area contributed by atoms with Gasteiger partial charge < -0.3 is 9.30 Å². The van der Waals surface area contributed by atoms with Gasteiger partial charge in [0.1, 0.15) is 0 Å². The van der Waals surface area contributed by atoms with Gasteiger partial charge in [0.05, 0.1) is 28.6 Å². The van der Waals surface area contributed by atoms with Gasteiger partial charge in [-0.25, -0.2) is 21.7 Å². The highest BCUT2D eigenvalue weighted by atomic mass is 32.2. The molecule has 0 radical (unpaired) electrons. The van der Waals surface area contributed by atoms with Gasteiger partial charge in [-0.2, -0.15) is 0 Å². The van der Waals surface area contributed by atoms with Crippen molar-refractivity contribution in [1.29, 1.82) is 0 Å². The standard InChI is InChI=1S/C29H35FN2O6S2/c1-8-40(36,37)17-19-9-11-21(28(34)20-10-12-25(30)26(14-20)38-7)23(13-19)24-16-32(6)27(33)15-22(24)18(2)31-39(35)29(3,4)5/h9-16,18,31H,8,17H2,1-7H3/t18?,39-/m0/s1.